The predicted molar refractivity (Wildman–Crippen MR) is 90.2 cm³/mol. The fourth-order valence-electron chi connectivity index (χ4n) is 2.59. The number of carbonyl (C=O) groups is 2. The summed E-state index contributed by atoms with van der Waals surface area (Å²) in [5.41, 5.74) is 0. The number of carbonyl (C=O) groups excluding carboxylic acids is 2. The Bertz CT molecular complexity index is 419. The average molecular weight is 356 g/mol. The summed E-state index contributed by atoms with van der Waals surface area (Å²) in [7, 11) is 0. The molecule has 0 unspecified atom stereocenters. The zero-order valence-electron chi connectivity index (χ0n) is 14.6. The van der Waals surface area contributed by atoms with Crippen molar-refractivity contribution >= 4 is 11.8 Å². The molecule has 2 rings (SSSR count). The van der Waals surface area contributed by atoms with E-state index in [2.05, 4.69) is 5.32 Å². The zero-order valence-corrected chi connectivity index (χ0v) is 14.6. The van der Waals surface area contributed by atoms with Gasteiger partial charge in [-0.3, -0.25) is 14.5 Å². The van der Waals surface area contributed by atoms with Crippen LogP contribution in [0.1, 0.15) is 12.8 Å². The summed E-state index contributed by atoms with van der Waals surface area (Å²) in [5.74, 6) is -0.572. The van der Waals surface area contributed by atoms with Crippen molar-refractivity contribution in [3.05, 3.63) is 12.2 Å². The van der Waals surface area contributed by atoms with E-state index in [0.717, 1.165) is 30.8 Å². The van der Waals surface area contributed by atoms with Gasteiger partial charge in [0.1, 0.15) is 0 Å². The molecule has 0 bridgehead atoms. The van der Waals surface area contributed by atoms with Gasteiger partial charge in [0.15, 0.2) is 0 Å². The Morgan fingerprint density at radius 3 is 1.96 bits per heavy atom. The van der Waals surface area contributed by atoms with Gasteiger partial charge < -0.3 is 24.3 Å². The molecule has 142 valence electrons. The lowest BCUT2D eigenvalue weighted by atomic mass is 10.1. The topological polar surface area (TPSA) is 86.3 Å². The van der Waals surface area contributed by atoms with Crippen LogP contribution in [-0.4, -0.2) is 88.7 Å². The zero-order chi connectivity index (χ0) is 17.7. The molecule has 25 heavy (non-hydrogen) atoms. The first-order valence-corrected chi connectivity index (χ1v) is 8.86. The van der Waals surface area contributed by atoms with E-state index in [1.54, 1.807) is 0 Å². The Hall–Kier alpha value is -1.32. The maximum Gasteiger partial charge on any atom is 0.253 e. The van der Waals surface area contributed by atoms with Gasteiger partial charge in [0.25, 0.3) is 11.8 Å². The quantitative estimate of drug-likeness (QED) is 0.359. The van der Waals surface area contributed by atoms with Crippen molar-refractivity contribution in [2.45, 2.75) is 18.9 Å². The minimum Gasteiger partial charge on any atom is -0.377 e. The number of hydrogen-bond donors (Lipinski definition) is 1. The van der Waals surface area contributed by atoms with Gasteiger partial charge in [0.2, 0.25) is 0 Å². The van der Waals surface area contributed by atoms with Crippen LogP contribution in [-0.2, 0) is 28.5 Å². The van der Waals surface area contributed by atoms with E-state index in [4.69, 9.17) is 18.9 Å². The van der Waals surface area contributed by atoms with Crippen molar-refractivity contribution < 1.29 is 28.5 Å². The van der Waals surface area contributed by atoms with Crippen LogP contribution in [0.15, 0.2) is 12.2 Å². The molecule has 2 heterocycles. The van der Waals surface area contributed by atoms with Crippen molar-refractivity contribution in [2.75, 3.05) is 65.9 Å². The summed E-state index contributed by atoms with van der Waals surface area (Å²) in [4.78, 5) is 23.8. The first-order valence-electron chi connectivity index (χ1n) is 8.86. The molecule has 0 atom stereocenters. The van der Waals surface area contributed by atoms with Crippen LogP contribution in [0, 0.1) is 0 Å². The number of ether oxygens (including phenoxy) is 4. The number of nitrogens with one attached hydrogen (secondary N) is 1. The maximum atomic E-state index is 11.3. The molecule has 1 saturated heterocycles. The highest BCUT2D eigenvalue weighted by molar-refractivity contribution is 6.12. The summed E-state index contributed by atoms with van der Waals surface area (Å²) in [6.45, 7) is 5.75. The van der Waals surface area contributed by atoms with Gasteiger partial charge in [-0.15, -0.1) is 0 Å². The van der Waals surface area contributed by atoms with Gasteiger partial charge >= 0.3 is 0 Å². The smallest absolute Gasteiger partial charge is 0.253 e. The second-order valence-electron chi connectivity index (χ2n) is 5.82. The molecule has 0 aromatic rings. The largest absolute Gasteiger partial charge is 0.377 e. The summed E-state index contributed by atoms with van der Waals surface area (Å²) < 4.78 is 21.9. The van der Waals surface area contributed by atoms with E-state index < -0.39 is 0 Å². The van der Waals surface area contributed by atoms with Gasteiger partial charge in [0, 0.05) is 12.2 Å². The lowest BCUT2D eigenvalue weighted by Gasteiger charge is -2.22. The molecular formula is C17H28N2O6. The summed E-state index contributed by atoms with van der Waals surface area (Å²) in [6.07, 6.45) is 5.03. The summed E-state index contributed by atoms with van der Waals surface area (Å²) >= 11 is 0. The van der Waals surface area contributed by atoms with Crippen molar-refractivity contribution in [1.29, 1.82) is 0 Å². The van der Waals surface area contributed by atoms with Crippen LogP contribution < -0.4 is 5.32 Å². The van der Waals surface area contributed by atoms with E-state index >= 15 is 0 Å². The highest BCUT2D eigenvalue weighted by Gasteiger charge is 2.22. The number of rotatable bonds is 13. The molecule has 2 aliphatic heterocycles. The SMILES string of the molecule is O=C1C=CC(=O)N1CCOCCOCCOCCOC1CCNCC1. The predicted octanol–water partition coefficient (Wildman–Crippen LogP) is -0.270. The van der Waals surface area contributed by atoms with Crippen LogP contribution in [0.25, 0.3) is 0 Å². The third-order valence-electron chi connectivity index (χ3n) is 3.97. The van der Waals surface area contributed by atoms with E-state index in [-0.39, 0.29) is 18.4 Å². The number of imide groups is 1. The van der Waals surface area contributed by atoms with Gasteiger partial charge in [-0.05, 0) is 25.9 Å². The minimum absolute atomic E-state index is 0.269. The molecule has 8 nitrogen and oxygen atoms in total. The molecule has 2 amide bonds. The highest BCUT2D eigenvalue weighted by Crippen LogP contribution is 2.06. The molecule has 0 aromatic heterocycles. The minimum atomic E-state index is -0.286. The van der Waals surface area contributed by atoms with E-state index in [0.29, 0.717) is 52.4 Å². The number of amides is 2. The Morgan fingerprint density at radius 1 is 0.840 bits per heavy atom. The third-order valence-corrected chi connectivity index (χ3v) is 3.97. The molecule has 0 radical (unpaired) electrons. The molecule has 1 fully saturated rings. The Morgan fingerprint density at radius 2 is 1.36 bits per heavy atom. The van der Waals surface area contributed by atoms with Gasteiger partial charge in [-0.25, -0.2) is 0 Å². The van der Waals surface area contributed by atoms with E-state index in [1.807, 2.05) is 0 Å². The van der Waals surface area contributed by atoms with Gasteiger partial charge in [-0.1, -0.05) is 0 Å². The molecular weight excluding hydrogens is 328 g/mol. The first kappa shape index (κ1) is 20.0. The Kier molecular flexibility index (Phi) is 9.68. The van der Waals surface area contributed by atoms with Crippen LogP contribution >= 0.6 is 0 Å². The number of piperidine rings is 1. The molecule has 2 aliphatic rings. The second kappa shape index (κ2) is 12.1. The number of nitrogens with zero attached hydrogens (tertiary/aromatic N) is 1. The molecule has 1 N–H and O–H groups in total. The normalized spacial score (nSPS) is 18.5. The Labute approximate surface area is 148 Å². The molecule has 0 saturated carbocycles. The average Bonchev–Trinajstić information content (AvgIpc) is 2.95. The van der Waals surface area contributed by atoms with Crippen LogP contribution in [0.5, 0.6) is 0 Å². The molecule has 0 spiro atoms. The maximum absolute atomic E-state index is 11.3. The van der Waals surface area contributed by atoms with Crippen molar-refractivity contribution in [3.63, 3.8) is 0 Å². The third kappa shape index (κ3) is 8.06. The number of hydrogen-bond acceptors (Lipinski definition) is 7. The van der Waals surface area contributed by atoms with Gasteiger partial charge in [0.05, 0.1) is 58.9 Å². The standard InChI is InChI=1S/C17H28N2O6/c20-16-1-2-17(21)19(16)7-8-22-9-10-23-11-12-24-13-14-25-15-3-5-18-6-4-15/h1-2,15,18H,3-14H2. The van der Waals surface area contributed by atoms with Crippen LogP contribution in [0.2, 0.25) is 0 Å². The molecule has 0 aliphatic carbocycles. The van der Waals surface area contributed by atoms with Crippen molar-refractivity contribution in [1.82, 2.24) is 10.2 Å². The summed E-state index contributed by atoms with van der Waals surface area (Å²) in [5, 5.41) is 3.30. The summed E-state index contributed by atoms with van der Waals surface area (Å²) in [6, 6.07) is 0. The molecule has 8 heteroatoms. The van der Waals surface area contributed by atoms with Crippen LogP contribution in [0.4, 0.5) is 0 Å². The monoisotopic (exact) mass is 356 g/mol. The highest BCUT2D eigenvalue weighted by atomic mass is 16.6. The van der Waals surface area contributed by atoms with Gasteiger partial charge in [-0.2, -0.15) is 0 Å². The fourth-order valence-corrected chi connectivity index (χ4v) is 2.59. The lowest BCUT2D eigenvalue weighted by molar-refractivity contribution is -0.137. The molecule has 0 aromatic carbocycles. The van der Waals surface area contributed by atoms with Crippen molar-refractivity contribution in [2.24, 2.45) is 0 Å². The fraction of sp³-hybridized carbons (Fsp3) is 0.765. The van der Waals surface area contributed by atoms with Crippen molar-refractivity contribution in [3.8, 4) is 0 Å². The Balaban J connectivity index is 1.30. The second-order valence-corrected chi connectivity index (χ2v) is 5.82. The van der Waals surface area contributed by atoms with Crippen LogP contribution in [0.3, 0.4) is 0 Å². The van der Waals surface area contributed by atoms with E-state index in [9.17, 15) is 9.59 Å². The lowest BCUT2D eigenvalue weighted by Crippen LogP contribution is -2.33. The van der Waals surface area contributed by atoms with E-state index in [1.165, 1.54) is 12.2 Å². The first-order chi connectivity index (χ1) is 12.3.